The van der Waals surface area contributed by atoms with Gasteiger partial charge in [-0.1, -0.05) is 24.3 Å². The molecule has 9 heteroatoms. The SMILES string of the molecule is CCOC(=O)C1=C(N)n2c(sc(=Cc3ccc(OC)cc3)c2=O)=C(C#N)C1c1ccc(OC)cc1. The molecule has 1 aliphatic rings. The van der Waals surface area contributed by atoms with Gasteiger partial charge in [0.15, 0.2) is 0 Å². The molecule has 0 saturated heterocycles. The standard InChI is InChI=1S/C26H23N3O5S/c1-4-34-26(31)22-21(16-7-11-18(33-3)12-8-16)19(14-27)25-29(23(22)28)24(30)20(35-25)13-15-5-9-17(32-2)10-6-15/h5-13,21H,4,28H2,1-3H3. The van der Waals surface area contributed by atoms with Crippen LogP contribution in [0.5, 0.6) is 11.5 Å². The summed E-state index contributed by atoms with van der Waals surface area (Å²) in [6, 6.07) is 16.4. The molecule has 1 atom stereocenters. The molecule has 8 nitrogen and oxygen atoms in total. The average molecular weight is 490 g/mol. The van der Waals surface area contributed by atoms with Crippen LogP contribution in [0.2, 0.25) is 0 Å². The van der Waals surface area contributed by atoms with Crippen molar-refractivity contribution in [2.24, 2.45) is 5.73 Å². The van der Waals surface area contributed by atoms with E-state index >= 15 is 0 Å². The molecule has 1 aromatic heterocycles. The lowest BCUT2D eigenvalue weighted by molar-refractivity contribution is -0.138. The van der Waals surface area contributed by atoms with Crippen molar-refractivity contribution in [3.8, 4) is 17.6 Å². The van der Waals surface area contributed by atoms with E-state index < -0.39 is 17.4 Å². The number of fused-ring (bicyclic) bond motifs is 1. The van der Waals surface area contributed by atoms with Crippen molar-refractivity contribution in [3.05, 3.63) is 84.8 Å². The van der Waals surface area contributed by atoms with Crippen molar-refractivity contribution >= 4 is 34.8 Å². The van der Waals surface area contributed by atoms with Gasteiger partial charge in [-0.15, -0.1) is 11.3 Å². The molecule has 0 spiro atoms. The Morgan fingerprint density at radius 3 is 2.26 bits per heavy atom. The molecule has 0 bridgehead atoms. The molecule has 178 valence electrons. The predicted octanol–water partition coefficient (Wildman–Crippen LogP) is 1.92. The van der Waals surface area contributed by atoms with Gasteiger partial charge in [0.25, 0.3) is 5.56 Å². The van der Waals surface area contributed by atoms with Gasteiger partial charge in [-0.3, -0.25) is 9.36 Å². The number of ether oxygens (including phenoxy) is 3. The van der Waals surface area contributed by atoms with Gasteiger partial charge in [-0.05, 0) is 48.4 Å². The quantitative estimate of drug-likeness (QED) is 0.526. The Balaban J connectivity index is 2.00. The van der Waals surface area contributed by atoms with Gasteiger partial charge in [0.2, 0.25) is 0 Å². The number of nitriles is 1. The van der Waals surface area contributed by atoms with Crippen molar-refractivity contribution in [1.29, 1.82) is 5.26 Å². The lowest BCUT2D eigenvalue weighted by Crippen LogP contribution is -2.40. The fourth-order valence-electron chi connectivity index (χ4n) is 3.94. The molecule has 3 aromatic rings. The first-order valence-electron chi connectivity index (χ1n) is 10.8. The summed E-state index contributed by atoms with van der Waals surface area (Å²) in [5.74, 6) is -0.200. The number of nitrogens with two attached hydrogens (primary N) is 1. The largest absolute Gasteiger partial charge is 0.497 e. The van der Waals surface area contributed by atoms with Crippen molar-refractivity contribution in [1.82, 2.24) is 4.57 Å². The Hall–Kier alpha value is -4.29. The predicted molar refractivity (Wildman–Crippen MR) is 133 cm³/mol. The molecule has 2 N–H and O–H groups in total. The molecular formula is C26H23N3O5S. The second-order valence-corrected chi connectivity index (χ2v) is 8.61. The third-order valence-corrected chi connectivity index (χ3v) is 6.73. The lowest BCUT2D eigenvalue weighted by Gasteiger charge is -2.25. The van der Waals surface area contributed by atoms with Crippen LogP contribution in [0.3, 0.4) is 0 Å². The zero-order valence-electron chi connectivity index (χ0n) is 19.4. The fourth-order valence-corrected chi connectivity index (χ4v) is 5.07. The van der Waals surface area contributed by atoms with E-state index in [4.69, 9.17) is 19.9 Å². The minimum atomic E-state index is -0.795. The van der Waals surface area contributed by atoms with Crippen LogP contribution in [0, 0.1) is 11.3 Å². The van der Waals surface area contributed by atoms with Gasteiger partial charge in [0.05, 0.1) is 48.5 Å². The van der Waals surface area contributed by atoms with E-state index in [0.29, 0.717) is 26.3 Å². The minimum Gasteiger partial charge on any atom is -0.497 e. The minimum absolute atomic E-state index is 0.0473. The van der Waals surface area contributed by atoms with Crippen LogP contribution < -0.4 is 30.0 Å². The van der Waals surface area contributed by atoms with Crippen LogP contribution in [0.1, 0.15) is 24.0 Å². The zero-order chi connectivity index (χ0) is 25.1. The maximum Gasteiger partial charge on any atom is 0.338 e. The fraction of sp³-hybridized carbons (Fsp3) is 0.192. The number of hydrogen-bond acceptors (Lipinski definition) is 8. The molecular weight excluding hydrogens is 466 g/mol. The number of hydrogen-bond donors (Lipinski definition) is 1. The van der Waals surface area contributed by atoms with E-state index in [1.807, 2.05) is 12.1 Å². The molecule has 0 fully saturated rings. The van der Waals surface area contributed by atoms with Gasteiger partial charge in [0, 0.05) is 0 Å². The number of thiazole rings is 1. The second-order valence-electron chi connectivity index (χ2n) is 7.58. The molecule has 1 unspecified atom stereocenters. The highest BCUT2D eigenvalue weighted by atomic mass is 32.1. The summed E-state index contributed by atoms with van der Waals surface area (Å²) in [5, 5.41) is 10.2. The van der Waals surface area contributed by atoms with E-state index in [9.17, 15) is 14.9 Å². The van der Waals surface area contributed by atoms with E-state index in [2.05, 4.69) is 6.07 Å². The van der Waals surface area contributed by atoms with Gasteiger partial charge in [0.1, 0.15) is 22.0 Å². The number of benzene rings is 2. The van der Waals surface area contributed by atoms with Crippen LogP contribution in [-0.2, 0) is 9.53 Å². The summed E-state index contributed by atoms with van der Waals surface area (Å²) in [4.78, 5) is 26.4. The molecule has 4 rings (SSSR count). The molecule has 0 aliphatic carbocycles. The smallest absolute Gasteiger partial charge is 0.338 e. The summed E-state index contributed by atoms with van der Waals surface area (Å²) in [6.07, 6.45) is 1.71. The average Bonchev–Trinajstić information content (AvgIpc) is 3.20. The van der Waals surface area contributed by atoms with Gasteiger partial charge in [-0.2, -0.15) is 5.26 Å². The molecule has 1 aliphatic heterocycles. The van der Waals surface area contributed by atoms with Crippen molar-refractivity contribution < 1.29 is 19.0 Å². The third kappa shape index (κ3) is 4.32. The first-order valence-corrected chi connectivity index (χ1v) is 11.6. The van der Waals surface area contributed by atoms with Crippen LogP contribution in [0.15, 0.2) is 58.9 Å². The Kier molecular flexibility index (Phi) is 6.75. The monoisotopic (exact) mass is 489 g/mol. The normalized spacial score (nSPS) is 15.4. The maximum atomic E-state index is 13.4. The number of carbonyl (C=O) groups excluding carboxylic acids is 1. The summed E-state index contributed by atoms with van der Waals surface area (Å²) < 4.78 is 17.7. The summed E-state index contributed by atoms with van der Waals surface area (Å²) in [7, 11) is 3.13. The van der Waals surface area contributed by atoms with Crippen LogP contribution in [0.25, 0.3) is 17.5 Å². The second kappa shape index (κ2) is 9.91. The van der Waals surface area contributed by atoms with Gasteiger partial charge >= 0.3 is 5.97 Å². The third-order valence-electron chi connectivity index (χ3n) is 5.63. The highest BCUT2D eigenvalue weighted by Gasteiger charge is 2.36. The summed E-state index contributed by atoms with van der Waals surface area (Å²) in [5.41, 5.74) is 7.75. The number of rotatable bonds is 6. The van der Waals surface area contributed by atoms with E-state index in [0.717, 1.165) is 16.9 Å². The van der Waals surface area contributed by atoms with Crippen molar-refractivity contribution in [2.75, 3.05) is 20.8 Å². The first-order chi connectivity index (χ1) is 16.9. The summed E-state index contributed by atoms with van der Waals surface area (Å²) >= 11 is 1.15. The number of aromatic nitrogens is 1. The highest BCUT2D eigenvalue weighted by Crippen LogP contribution is 2.37. The molecule has 2 heterocycles. The van der Waals surface area contributed by atoms with E-state index in [-0.39, 0.29) is 23.6 Å². The number of methoxy groups -OCH3 is 2. The molecule has 0 saturated carbocycles. The molecule has 2 aromatic carbocycles. The zero-order valence-corrected chi connectivity index (χ0v) is 20.2. The lowest BCUT2D eigenvalue weighted by atomic mass is 9.84. The van der Waals surface area contributed by atoms with E-state index in [1.165, 1.54) is 4.57 Å². The van der Waals surface area contributed by atoms with Gasteiger partial charge in [-0.25, -0.2) is 4.79 Å². The molecule has 35 heavy (non-hydrogen) atoms. The Morgan fingerprint density at radius 2 is 1.71 bits per heavy atom. The topological polar surface area (TPSA) is 117 Å². The Bertz CT molecular complexity index is 1520. The van der Waals surface area contributed by atoms with Crippen LogP contribution in [0.4, 0.5) is 0 Å². The van der Waals surface area contributed by atoms with Crippen molar-refractivity contribution in [2.45, 2.75) is 12.8 Å². The van der Waals surface area contributed by atoms with Crippen molar-refractivity contribution in [3.63, 3.8) is 0 Å². The Labute approximate surface area is 205 Å². The maximum absolute atomic E-state index is 13.4. The van der Waals surface area contributed by atoms with Gasteiger partial charge < -0.3 is 19.9 Å². The first kappa shape index (κ1) is 23.9. The van der Waals surface area contributed by atoms with E-state index in [1.54, 1.807) is 63.6 Å². The Morgan fingerprint density at radius 1 is 1.11 bits per heavy atom. The molecule has 0 radical (unpaired) electrons. The number of esters is 1. The van der Waals surface area contributed by atoms with Crippen LogP contribution in [-0.4, -0.2) is 31.4 Å². The highest BCUT2D eigenvalue weighted by molar-refractivity contribution is 7.07. The summed E-state index contributed by atoms with van der Waals surface area (Å²) in [6.45, 7) is 1.80. The molecule has 0 amide bonds. The van der Waals surface area contributed by atoms with Crippen LogP contribution >= 0.6 is 11.3 Å². The number of nitrogens with zero attached hydrogens (tertiary/aromatic N) is 2. The number of carbonyl (C=O) groups is 1.